The van der Waals surface area contributed by atoms with Crippen molar-refractivity contribution in [2.75, 3.05) is 24.6 Å². The number of nitrogens with two attached hydrogens (primary N) is 1. The third kappa shape index (κ3) is 3.06. The van der Waals surface area contributed by atoms with Gasteiger partial charge >= 0.3 is 0 Å². The third-order valence-electron chi connectivity index (χ3n) is 3.05. The summed E-state index contributed by atoms with van der Waals surface area (Å²) >= 11 is 3.24. The lowest BCUT2D eigenvalue weighted by Crippen LogP contribution is -2.49. The van der Waals surface area contributed by atoms with Crippen molar-refractivity contribution in [1.82, 2.24) is 0 Å². The number of carbonyl (C=O) groups excluding carboxylic acids is 1. The Labute approximate surface area is 119 Å². The number of benzene rings is 1. The smallest absolute Gasteiger partial charge is 0.253 e. The molecule has 19 heavy (non-hydrogen) atoms. The number of ether oxygens (including phenoxy) is 1. The van der Waals surface area contributed by atoms with E-state index in [1.54, 1.807) is 6.07 Å². The Bertz CT molecular complexity index is 520. The highest BCUT2D eigenvalue weighted by Crippen LogP contribution is 2.30. The summed E-state index contributed by atoms with van der Waals surface area (Å²) in [4.78, 5) is 13.4. The van der Waals surface area contributed by atoms with E-state index in [0.717, 1.165) is 0 Å². The van der Waals surface area contributed by atoms with Crippen LogP contribution in [-0.4, -0.2) is 31.2 Å². The van der Waals surface area contributed by atoms with E-state index in [0.29, 0.717) is 29.9 Å². The SMILES string of the molecule is CC1(C)CN(c2cc(Br)cc(F)c2C(N)=O)CCO1. The lowest BCUT2D eigenvalue weighted by atomic mass is 10.0. The van der Waals surface area contributed by atoms with Crippen LogP contribution in [0.5, 0.6) is 0 Å². The molecule has 1 aromatic carbocycles. The molecular weight excluding hydrogens is 315 g/mol. The molecule has 1 heterocycles. The number of rotatable bonds is 2. The molecule has 1 amide bonds. The lowest BCUT2D eigenvalue weighted by molar-refractivity contribution is -0.0277. The Morgan fingerprint density at radius 1 is 1.53 bits per heavy atom. The highest BCUT2D eigenvalue weighted by molar-refractivity contribution is 9.10. The minimum absolute atomic E-state index is 0.0686. The zero-order chi connectivity index (χ0) is 14.2. The molecule has 104 valence electrons. The molecule has 2 N–H and O–H groups in total. The first-order valence-corrected chi connectivity index (χ1v) is 6.77. The van der Waals surface area contributed by atoms with E-state index < -0.39 is 11.7 Å². The van der Waals surface area contributed by atoms with E-state index in [1.165, 1.54) is 6.07 Å². The van der Waals surface area contributed by atoms with Gasteiger partial charge in [0.15, 0.2) is 0 Å². The van der Waals surface area contributed by atoms with Gasteiger partial charge in [0.25, 0.3) is 5.91 Å². The fraction of sp³-hybridized carbons (Fsp3) is 0.462. The predicted molar refractivity (Wildman–Crippen MR) is 74.9 cm³/mol. The normalized spacial score (nSPS) is 18.4. The number of amides is 1. The predicted octanol–water partition coefficient (Wildman–Crippen LogP) is 2.30. The van der Waals surface area contributed by atoms with Gasteiger partial charge in [-0.25, -0.2) is 4.39 Å². The number of halogens is 2. The molecular formula is C13H16BrFN2O2. The quantitative estimate of drug-likeness (QED) is 0.905. The minimum Gasteiger partial charge on any atom is -0.372 e. The van der Waals surface area contributed by atoms with Gasteiger partial charge in [-0.15, -0.1) is 0 Å². The molecule has 2 rings (SSSR count). The lowest BCUT2D eigenvalue weighted by Gasteiger charge is -2.40. The monoisotopic (exact) mass is 330 g/mol. The van der Waals surface area contributed by atoms with E-state index in [1.807, 2.05) is 18.7 Å². The molecule has 0 unspecified atom stereocenters. The van der Waals surface area contributed by atoms with Gasteiger partial charge in [0.1, 0.15) is 5.82 Å². The van der Waals surface area contributed by atoms with Crippen LogP contribution in [0.2, 0.25) is 0 Å². The first-order valence-electron chi connectivity index (χ1n) is 5.98. The van der Waals surface area contributed by atoms with Crippen LogP contribution in [0.1, 0.15) is 24.2 Å². The summed E-state index contributed by atoms with van der Waals surface area (Å²) < 4.78 is 20.1. The van der Waals surface area contributed by atoms with Crippen LogP contribution in [0, 0.1) is 5.82 Å². The number of primary amides is 1. The highest BCUT2D eigenvalue weighted by atomic mass is 79.9. The Kier molecular flexibility index (Phi) is 3.82. The van der Waals surface area contributed by atoms with Gasteiger partial charge in [0.2, 0.25) is 0 Å². The van der Waals surface area contributed by atoms with E-state index in [-0.39, 0.29) is 11.2 Å². The molecule has 0 spiro atoms. The molecule has 0 aliphatic carbocycles. The molecule has 1 aliphatic heterocycles. The number of morpholine rings is 1. The summed E-state index contributed by atoms with van der Waals surface area (Å²) in [6.07, 6.45) is 0. The first-order chi connectivity index (χ1) is 8.80. The number of nitrogens with zero attached hydrogens (tertiary/aromatic N) is 1. The summed E-state index contributed by atoms with van der Waals surface area (Å²) in [6.45, 7) is 5.61. The van der Waals surface area contributed by atoms with Crippen molar-refractivity contribution in [2.24, 2.45) is 5.73 Å². The van der Waals surface area contributed by atoms with Gasteiger partial charge in [-0.2, -0.15) is 0 Å². The fourth-order valence-electron chi connectivity index (χ4n) is 2.28. The summed E-state index contributed by atoms with van der Waals surface area (Å²) in [7, 11) is 0. The van der Waals surface area contributed by atoms with Crippen LogP contribution in [-0.2, 0) is 4.74 Å². The van der Waals surface area contributed by atoms with Crippen LogP contribution in [0.25, 0.3) is 0 Å². The van der Waals surface area contributed by atoms with Crippen molar-refractivity contribution in [3.63, 3.8) is 0 Å². The molecule has 0 saturated carbocycles. The summed E-state index contributed by atoms with van der Waals surface area (Å²) in [5.41, 5.74) is 5.39. The van der Waals surface area contributed by atoms with Crippen LogP contribution >= 0.6 is 15.9 Å². The summed E-state index contributed by atoms with van der Waals surface area (Å²) in [5.74, 6) is -1.37. The van der Waals surface area contributed by atoms with Crippen molar-refractivity contribution in [3.05, 3.63) is 28.0 Å². The van der Waals surface area contributed by atoms with E-state index >= 15 is 0 Å². The topological polar surface area (TPSA) is 55.6 Å². The maximum Gasteiger partial charge on any atom is 0.253 e. The molecule has 6 heteroatoms. The van der Waals surface area contributed by atoms with Crippen LogP contribution in [0.3, 0.4) is 0 Å². The molecule has 4 nitrogen and oxygen atoms in total. The molecule has 0 aromatic heterocycles. The number of carbonyl (C=O) groups is 1. The number of hydrogen-bond acceptors (Lipinski definition) is 3. The maximum atomic E-state index is 13.9. The Morgan fingerprint density at radius 2 is 2.21 bits per heavy atom. The van der Waals surface area contributed by atoms with Gasteiger partial charge in [0, 0.05) is 17.6 Å². The van der Waals surface area contributed by atoms with Crippen LogP contribution < -0.4 is 10.6 Å². The van der Waals surface area contributed by atoms with Crippen molar-refractivity contribution >= 4 is 27.5 Å². The molecule has 1 aliphatic rings. The molecule has 0 bridgehead atoms. The summed E-state index contributed by atoms with van der Waals surface area (Å²) in [5, 5.41) is 0. The average molecular weight is 331 g/mol. The molecule has 1 saturated heterocycles. The number of anilines is 1. The van der Waals surface area contributed by atoms with Crippen molar-refractivity contribution in [1.29, 1.82) is 0 Å². The molecule has 0 radical (unpaired) electrons. The van der Waals surface area contributed by atoms with E-state index in [9.17, 15) is 9.18 Å². The Morgan fingerprint density at radius 3 is 2.79 bits per heavy atom. The molecule has 1 aromatic rings. The second-order valence-electron chi connectivity index (χ2n) is 5.18. The molecule has 0 atom stereocenters. The summed E-state index contributed by atoms with van der Waals surface area (Å²) in [6, 6.07) is 2.96. The Hall–Kier alpha value is -1.14. The van der Waals surface area contributed by atoms with Gasteiger partial charge in [-0.3, -0.25) is 4.79 Å². The highest BCUT2D eigenvalue weighted by Gasteiger charge is 2.30. The van der Waals surface area contributed by atoms with Gasteiger partial charge in [0.05, 0.1) is 23.5 Å². The van der Waals surface area contributed by atoms with Crippen molar-refractivity contribution in [2.45, 2.75) is 19.4 Å². The third-order valence-corrected chi connectivity index (χ3v) is 3.50. The van der Waals surface area contributed by atoms with E-state index in [4.69, 9.17) is 10.5 Å². The fourth-order valence-corrected chi connectivity index (χ4v) is 2.69. The first kappa shape index (κ1) is 14.3. The van der Waals surface area contributed by atoms with Crippen LogP contribution in [0.15, 0.2) is 16.6 Å². The van der Waals surface area contributed by atoms with Gasteiger partial charge in [-0.05, 0) is 26.0 Å². The zero-order valence-electron chi connectivity index (χ0n) is 10.9. The zero-order valence-corrected chi connectivity index (χ0v) is 12.5. The van der Waals surface area contributed by atoms with Crippen molar-refractivity contribution < 1.29 is 13.9 Å². The average Bonchev–Trinajstić information content (AvgIpc) is 2.25. The number of hydrogen-bond donors (Lipinski definition) is 1. The van der Waals surface area contributed by atoms with E-state index in [2.05, 4.69) is 15.9 Å². The molecule has 1 fully saturated rings. The van der Waals surface area contributed by atoms with Gasteiger partial charge < -0.3 is 15.4 Å². The van der Waals surface area contributed by atoms with Crippen LogP contribution in [0.4, 0.5) is 10.1 Å². The standard InChI is InChI=1S/C13H16BrFN2O2/c1-13(2)7-17(3-4-19-13)10-6-8(14)5-9(15)11(10)12(16)18/h5-6H,3-4,7H2,1-2H3,(H2,16,18). The van der Waals surface area contributed by atoms with Crippen molar-refractivity contribution in [3.8, 4) is 0 Å². The second kappa shape index (κ2) is 5.09. The Balaban J connectivity index is 2.46. The largest absolute Gasteiger partial charge is 0.372 e. The maximum absolute atomic E-state index is 13.9. The second-order valence-corrected chi connectivity index (χ2v) is 6.09. The minimum atomic E-state index is -0.760. The van der Waals surface area contributed by atoms with Gasteiger partial charge in [-0.1, -0.05) is 15.9 Å².